The molecule has 1 aliphatic carbocycles. The molecule has 0 spiro atoms. The highest BCUT2D eigenvalue weighted by atomic mass is 15.1. The molecule has 0 aromatic heterocycles. The summed E-state index contributed by atoms with van der Waals surface area (Å²) in [7, 11) is 0. The first-order valence-electron chi connectivity index (χ1n) is 5.98. The summed E-state index contributed by atoms with van der Waals surface area (Å²) in [6, 6.07) is 0. The number of likely N-dealkylation sites (tertiary alicyclic amines) is 1. The first kappa shape index (κ1) is 10.4. The van der Waals surface area contributed by atoms with Gasteiger partial charge in [0, 0.05) is 6.54 Å². The molecule has 0 amide bonds. The maximum atomic E-state index is 5.81. The van der Waals surface area contributed by atoms with E-state index < -0.39 is 0 Å². The Kier molecular flexibility index (Phi) is 2.61. The smallest absolute Gasteiger partial charge is 0.00501 e. The minimum absolute atomic E-state index is 0.529. The molecule has 0 aromatic carbocycles. The van der Waals surface area contributed by atoms with E-state index in [0.717, 1.165) is 6.54 Å². The molecule has 2 aliphatic rings. The van der Waals surface area contributed by atoms with E-state index in [2.05, 4.69) is 18.7 Å². The van der Waals surface area contributed by atoms with Gasteiger partial charge in [0.05, 0.1) is 0 Å². The monoisotopic (exact) mass is 196 g/mol. The van der Waals surface area contributed by atoms with Gasteiger partial charge in [-0.1, -0.05) is 13.8 Å². The summed E-state index contributed by atoms with van der Waals surface area (Å²) in [5, 5.41) is 0. The fraction of sp³-hybridized carbons (Fsp3) is 1.00. The van der Waals surface area contributed by atoms with Crippen molar-refractivity contribution in [2.24, 2.45) is 16.6 Å². The lowest BCUT2D eigenvalue weighted by molar-refractivity contribution is 0.113. The van der Waals surface area contributed by atoms with Crippen LogP contribution in [0.25, 0.3) is 0 Å². The first-order valence-corrected chi connectivity index (χ1v) is 5.98. The highest BCUT2D eigenvalue weighted by molar-refractivity contribution is 4.97. The molecule has 82 valence electrons. The van der Waals surface area contributed by atoms with Crippen molar-refractivity contribution in [2.45, 2.75) is 39.5 Å². The highest BCUT2D eigenvalue weighted by Gasteiger charge is 2.43. The molecule has 1 aliphatic heterocycles. The Morgan fingerprint density at radius 2 is 1.64 bits per heavy atom. The zero-order valence-corrected chi connectivity index (χ0v) is 9.68. The molecule has 0 aromatic rings. The van der Waals surface area contributed by atoms with Crippen molar-refractivity contribution in [3.63, 3.8) is 0 Å². The van der Waals surface area contributed by atoms with Crippen LogP contribution in [0.3, 0.4) is 0 Å². The van der Waals surface area contributed by atoms with Crippen molar-refractivity contribution >= 4 is 0 Å². The Labute approximate surface area is 87.8 Å². The lowest BCUT2D eigenvalue weighted by Crippen LogP contribution is -2.41. The largest absolute Gasteiger partial charge is 0.330 e. The van der Waals surface area contributed by atoms with Crippen LogP contribution in [0.5, 0.6) is 0 Å². The number of nitrogens with two attached hydrogens (primary N) is 1. The third kappa shape index (κ3) is 2.29. The van der Waals surface area contributed by atoms with Crippen molar-refractivity contribution in [3.05, 3.63) is 0 Å². The van der Waals surface area contributed by atoms with Crippen LogP contribution in [0.2, 0.25) is 0 Å². The van der Waals surface area contributed by atoms with Crippen LogP contribution in [0.1, 0.15) is 39.5 Å². The average molecular weight is 196 g/mol. The zero-order chi connectivity index (χ0) is 10.2. The van der Waals surface area contributed by atoms with Gasteiger partial charge >= 0.3 is 0 Å². The fourth-order valence-corrected chi connectivity index (χ4v) is 2.39. The summed E-state index contributed by atoms with van der Waals surface area (Å²) in [5.41, 5.74) is 6.92. The van der Waals surface area contributed by atoms with Crippen LogP contribution in [-0.4, -0.2) is 31.1 Å². The minimum atomic E-state index is 0.529. The zero-order valence-electron chi connectivity index (χ0n) is 9.68. The van der Waals surface area contributed by atoms with E-state index in [4.69, 9.17) is 5.73 Å². The molecule has 2 N–H and O–H groups in total. The number of hydrogen-bond donors (Lipinski definition) is 1. The predicted molar refractivity (Wildman–Crippen MR) is 60.2 cm³/mol. The molecule has 0 bridgehead atoms. The molecule has 1 heterocycles. The Balaban J connectivity index is 1.79. The summed E-state index contributed by atoms with van der Waals surface area (Å²) >= 11 is 0. The summed E-state index contributed by atoms with van der Waals surface area (Å²) in [6.07, 6.45) is 5.44. The maximum Gasteiger partial charge on any atom is 0.00501 e. The first-order chi connectivity index (χ1) is 6.55. The summed E-state index contributed by atoms with van der Waals surface area (Å²) in [4.78, 5) is 2.63. The van der Waals surface area contributed by atoms with E-state index in [9.17, 15) is 0 Å². The van der Waals surface area contributed by atoms with Gasteiger partial charge in [0.15, 0.2) is 0 Å². The van der Waals surface area contributed by atoms with E-state index in [-0.39, 0.29) is 0 Å². The third-order valence-electron chi connectivity index (χ3n) is 4.16. The number of hydrogen-bond acceptors (Lipinski definition) is 2. The molecule has 0 radical (unpaired) electrons. The molecular weight excluding hydrogens is 172 g/mol. The van der Waals surface area contributed by atoms with Gasteiger partial charge < -0.3 is 10.6 Å². The molecule has 0 unspecified atom stereocenters. The maximum absolute atomic E-state index is 5.81. The van der Waals surface area contributed by atoms with Crippen LogP contribution in [0.4, 0.5) is 0 Å². The Morgan fingerprint density at radius 3 is 2.07 bits per heavy atom. The standard InChI is InChI=1S/C12H24N2/c1-11(2)5-7-14(8-6-11)10-12(9-13)3-4-12/h3-10,13H2,1-2H3. The lowest BCUT2D eigenvalue weighted by atomic mass is 9.82. The van der Waals surface area contributed by atoms with Gasteiger partial charge in [-0.05, 0) is 56.1 Å². The lowest BCUT2D eigenvalue weighted by Gasteiger charge is -2.38. The summed E-state index contributed by atoms with van der Waals surface area (Å²) < 4.78 is 0. The fourth-order valence-electron chi connectivity index (χ4n) is 2.39. The molecule has 0 atom stereocenters. The van der Waals surface area contributed by atoms with E-state index in [1.54, 1.807) is 0 Å². The summed E-state index contributed by atoms with van der Waals surface area (Å²) in [5.74, 6) is 0. The highest BCUT2D eigenvalue weighted by Crippen LogP contribution is 2.45. The van der Waals surface area contributed by atoms with Crippen molar-refractivity contribution in [3.8, 4) is 0 Å². The van der Waals surface area contributed by atoms with E-state index in [1.165, 1.54) is 45.3 Å². The van der Waals surface area contributed by atoms with Crippen molar-refractivity contribution in [2.75, 3.05) is 26.2 Å². The molecule has 2 heteroatoms. The van der Waals surface area contributed by atoms with E-state index in [0.29, 0.717) is 10.8 Å². The van der Waals surface area contributed by atoms with Crippen LogP contribution >= 0.6 is 0 Å². The predicted octanol–water partition coefficient (Wildman–Crippen LogP) is 1.85. The van der Waals surface area contributed by atoms with Gasteiger partial charge in [0.1, 0.15) is 0 Å². The number of nitrogens with zero attached hydrogens (tertiary/aromatic N) is 1. The van der Waals surface area contributed by atoms with Gasteiger partial charge in [-0.3, -0.25) is 0 Å². The quantitative estimate of drug-likeness (QED) is 0.746. The molecule has 2 nitrogen and oxygen atoms in total. The molecule has 1 saturated carbocycles. The molecule has 1 saturated heterocycles. The van der Waals surface area contributed by atoms with Gasteiger partial charge in [-0.15, -0.1) is 0 Å². The summed E-state index contributed by atoms with van der Waals surface area (Å²) in [6.45, 7) is 9.51. The molecule has 2 rings (SSSR count). The van der Waals surface area contributed by atoms with Gasteiger partial charge in [-0.25, -0.2) is 0 Å². The number of rotatable bonds is 3. The van der Waals surface area contributed by atoms with Gasteiger partial charge in [-0.2, -0.15) is 0 Å². The Hall–Kier alpha value is -0.0800. The molecule has 2 fully saturated rings. The van der Waals surface area contributed by atoms with Crippen molar-refractivity contribution in [1.29, 1.82) is 0 Å². The van der Waals surface area contributed by atoms with E-state index >= 15 is 0 Å². The van der Waals surface area contributed by atoms with Crippen molar-refractivity contribution in [1.82, 2.24) is 4.90 Å². The Morgan fingerprint density at radius 1 is 1.07 bits per heavy atom. The normalized spacial score (nSPS) is 30.2. The second kappa shape index (κ2) is 3.49. The minimum Gasteiger partial charge on any atom is -0.330 e. The van der Waals surface area contributed by atoms with Gasteiger partial charge in [0.25, 0.3) is 0 Å². The van der Waals surface area contributed by atoms with E-state index in [1.807, 2.05) is 0 Å². The van der Waals surface area contributed by atoms with Crippen LogP contribution in [-0.2, 0) is 0 Å². The number of piperidine rings is 1. The van der Waals surface area contributed by atoms with Crippen molar-refractivity contribution < 1.29 is 0 Å². The average Bonchev–Trinajstić information content (AvgIpc) is 2.90. The van der Waals surface area contributed by atoms with Crippen LogP contribution < -0.4 is 5.73 Å². The van der Waals surface area contributed by atoms with Gasteiger partial charge in [0.2, 0.25) is 0 Å². The topological polar surface area (TPSA) is 29.3 Å². The van der Waals surface area contributed by atoms with Crippen LogP contribution in [0.15, 0.2) is 0 Å². The second-order valence-corrected chi connectivity index (χ2v) is 6.14. The second-order valence-electron chi connectivity index (χ2n) is 6.14. The SMILES string of the molecule is CC1(C)CCN(CC2(CN)CC2)CC1. The van der Waals surface area contributed by atoms with Crippen LogP contribution in [0, 0.1) is 10.8 Å². The molecular formula is C12H24N2. The third-order valence-corrected chi connectivity index (χ3v) is 4.16. The Bertz CT molecular complexity index is 196. The molecule has 14 heavy (non-hydrogen) atoms.